The van der Waals surface area contributed by atoms with Gasteiger partial charge in [0, 0.05) is 66.5 Å². The maximum Gasteiger partial charge on any atom is 0.250 e. The van der Waals surface area contributed by atoms with E-state index in [4.69, 9.17) is 10.8 Å². The lowest BCUT2D eigenvalue weighted by molar-refractivity contribution is -0.128. The third-order valence-corrected chi connectivity index (χ3v) is 14.1. The van der Waals surface area contributed by atoms with Crippen LogP contribution in [0.4, 0.5) is 15.9 Å². The zero-order valence-electron chi connectivity index (χ0n) is 41.7. The molecule has 5 aliphatic rings. The molecule has 1 aliphatic carbocycles. The van der Waals surface area contributed by atoms with Crippen LogP contribution in [0.15, 0.2) is 83.7 Å². The third-order valence-electron chi connectivity index (χ3n) is 14.1. The van der Waals surface area contributed by atoms with E-state index in [1.165, 1.54) is 17.2 Å². The highest BCUT2D eigenvalue weighted by molar-refractivity contribution is 5.94. The predicted octanol–water partition coefficient (Wildman–Crippen LogP) is 8.87. The van der Waals surface area contributed by atoms with Crippen LogP contribution >= 0.6 is 0 Å². The molecule has 0 bridgehead atoms. The van der Waals surface area contributed by atoms with Crippen LogP contribution in [-0.2, 0) is 34.0 Å². The van der Waals surface area contributed by atoms with Gasteiger partial charge in [0.1, 0.15) is 17.7 Å². The van der Waals surface area contributed by atoms with E-state index in [9.17, 15) is 14.4 Å². The average molecular weight is 941 g/mol. The number of pyridine rings is 2. The number of allylic oxidation sites excluding steroid dienone is 3. The van der Waals surface area contributed by atoms with Gasteiger partial charge in [0.15, 0.2) is 5.78 Å². The quantitative estimate of drug-likeness (QED) is 0.133. The fourth-order valence-electron chi connectivity index (χ4n) is 10.4. The maximum atomic E-state index is 15.4. The molecule has 7 heterocycles. The number of rotatable bonds is 11. The Hall–Kier alpha value is -5.99. The molecule has 3 fully saturated rings. The van der Waals surface area contributed by atoms with Crippen molar-refractivity contribution < 1.29 is 18.8 Å². The molecular formula is C55H73FN10O3. The summed E-state index contributed by atoms with van der Waals surface area (Å²) in [5.41, 5.74) is 17.1. The summed E-state index contributed by atoms with van der Waals surface area (Å²) in [6.45, 7) is 19.6. The van der Waals surface area contributed by atoms with Gasteiger partial charge in [-0.05, 0) is 144 Å². The Morgan fingerprint density at radius 3 is 2.33 bits per heavy atom. The second-order valence-corrected chi connectivity index (χ2v) is 18.7. The Morgan fingerprint density at radius 2 is 1.62 bits per heavy atom. The highest BCUT2D eigenvalue weighted by atomic mass is 19.1. The number of ketones is 1. The van der Waals surface area contributed by atoms with Gasteiger partial charge in [-0.2, -0.15) is 5.10 Å². The molecule has 69 heavy (non-hydrogen) atoms. The standard InChI is InChI=1S/C51H61FN10O3.2C2H6/c1-33(25-46-34(2)54-18-13-44(46)39-7-12-49(53)55-28-39)30-59-19-14-36(15-20-59)35-3-5-38(6-4-35)51(65)61-23-24-62-42(32-61)26-41(58-62)31-60-21-16-37(17-22-60)45-10-8-40(27-47(45)52)57-48-11-9-43(63)29-56-50(48)64;2*1-2/h3,5,7-8,10,12-13,18,25-28,36-37,48,57H,4,6,9,11,14-17,19-24,29-32H2,1-2H3,(H2,53,55)(H,56,64);2*1-2H3/b33-25+;;. The van der Waals surface area contributed by atoms with Crippen molar-refractivity contribution >= 4 is 35.2 Å². The number of Topliss-reactive ketones (excluding diaryl/α,β-unsaturated/α-hetero) is 1. The van der Waals surface area contributed by atoms with Crippen LogP contribution in [0.3, 0.4) is 0 Å². The van der Waals surface area contributed by atoms with E-state index in [2.05, 4.69) is 73.2 Å². The van der Waals surface area contributed by atoms with Gasteiger partial charge >= 0.3 is 0 Å². The number of carbonyl (C=O) groups excluding carboxylic acids is 3. The van der Waals surface area contributed by atoms with Gasteiger partial charge in [0.25, 0.3) is 0 Å². The van der Waals surface area contributed by atoms with Crippen LogP contribution < -0.4 is 16.4 Å². The number of anilines is 2. The number of fused-ring (bicyclic) bond motifs is 1. The number of amides is 2. The van der Waals surface area contributed by atoms with Crippen molar-refractivity contribution in [1.82, 2.24) is 39.8 Å². The first-order chi connectivity index (χ1) is 33.5. The van der Waals surface area contributed by atoms with E-state index >= 15 is 4.39 Å². The van der Waals surface area contributed by atoms with Gasteiger partial charge in [0.2, 0.25) is 11.8 Å². The predicted molar refractivity (Wildman–Crippen MR) is 273 cm³/mol. The molecule has 9 rings (SSSR count). The van der Waals surface area contributed by atoms with Gasteiger partial charge in [-0.15, -0.1) is 0 Å². The van der Waals surface area contributed by atoms with Crippen LogP contribution in [0.5, 0.6) is 0 Å². The minimum atomic E-state index is -0.558. The first-order valence-electron chi connectivity index (χ1n) is 25.4. The molecule has 0 saturated carbocycles. The smallest absolute Gasteiger partial charge is 0.250 e. The fourth-order valence-corrected chi connectivity index (χ4v) is 10.4. The number of halogens is 1. The van der Waals surface area contributed by atoms with Crippen LogP contribution in [0.1, 0.15) is 120 Å². The molecular weight excluding hydrogens is 868 g/mol. The lowest BCUT2D eigenvalue weighted by Gasteiger charge is -2.34. The van der Waals surface area contributed by atoms with Gasteiger partial charge in [-0.1, -0.05) is 63.1 Å². The first-order valence-corrected chi connectivity index (χ1v) is 25.4. The van der Waals surface area contributed by atoms with Gasteiger partial charge in [-0.3, -0.25) is 33.8 Å². The molecule has 2 amide bonds. The number of piperidine rings is 2. The minimum Gasteiger partial charge on any atom is -0.384 e. The van der Waals surface area contributed by atoms with Gasteiger partial charge in [0.05, 0.1) is 31.0 Å². The van der Waals surface area contributed by atoms with Crippen LogP contribution in [0.25, 0.3) is 17.2 Å². The number of hydrogen-bond acceptors (Lipinski definition) is 10. The first kappa shape index (κ1) is 50.9. The van der Waals surface area contributed by atoms with Gasteiger partial charge < -0.3 is 21.3 Å². The summed E-state index contributed by atoms with van der Waals surface area (Å²) < 4.78 is 17.4. The van der Waals surface area contributed by atoms with E-state index in [0.717, 1.165) is 117 Å². The number of aromatic nitrogens is 4. The van der Waals surface area contributed by atoms with Crippen LogP contribution in [-0.4, -0.2) is 104 Å². The van der Waals surface area contributed by atoms with E-state index in [1.54, 1.807) is 0 Å². The molecule has 3 aromatic heterocycles. The molecule has 1 unspecified atom stereocenters. The average Bonchev–Trinajstić information content (AvgIpc) is 3.71. The monoisotopic (exact) mass is 941 g/mol. The molecule has 1 aromatic carbocycles. The Kier molecular flexibility index (Phi) is 17.7. The lowest BCUT2D eigenvalue weighted by atomic mass is 9.83. The molecule has 0 radical (unpaired) electrons. The summed E-state index contributed by atoms with van der Waals surface area (Å²) in [6, 6.07) is 12.6. The summed E-state index contributed by atoms with van der Waals surface area (Å²) in [5, 5.41) is 10.7. The molecule has 1 atom stereocenters. The molecule has 0 spiro atoms. The normalized spacial score (nSPS) is 19.7. The molecule has 4 aromatic rings. The zero-order valence-corrected chi connectivity index (χ0v) is 41.7. The fraction of sp³-hybridized carbons (Fsp3) is 0.491. The number of hydrogen-bond donors (Lipinski definition) is 3. The number of aryl methyl sites for hydroxylation is 1. The summed E-state index contributed by atoms with van der Waals surface area (Å²) in [6.07, 6.45) is 16.6. The van der Waals surface area contributed by atoms with Crippen molar-refractivity contribution in [2.45, 2.75) is 125 Å². The van der Waals surface area contributed by atoms with E-state index in [1.807, 2.05) is 75.3 Å². The van der Waals surface area contributed by atoms with Crippen molar-refractivity contribution in [3.05, 3.63) is 118 Å². The Morgan fingerprint density at radius 1 is 0.870 bits per heavy atom. The molecule has 4 aliphatic heterocycles. The Bertz CT molecular complexity index is 2510. The highest BCUT2D eigenvalue weighted by Gasteiger charge is 2.30. The number of carbonyl (C=O) groups is 3. The van der Waals surface area contributed by atoms with Crippen molar-refractivity contribution in [1.29, 1.82) is 0 Å². The number of benzene rings is 1. The molecule has 4 N–H and O–H groups in total. The minimum absolute atomic E-state index is 0.00230. The second kappa shape index (κ2) is 24.0. The SMILES string of the molecule is C/C(=C\c1c(-c2ccc(N)nc2)ccnc1C)CN1CCC(C2=CC=C(C(=O)N3CCn4nc(CN5CCC(c6ccc(NC7CCC(=O)CNC7=O)cc6F)CC5)cc4C3)CC2)CC1.CC.CC. The molecule has 3 saturated heterocycles. The van der Waals surface area contributed by atoms with Gasteiger partial charge in [-0.25, -0.2) is 9.37 Å². The molecule has 13 nitrogen and oxygen atoms in total. The van der Waals surface area contributed by atoms with Crippen LogP contribution in [0, 0.1) is 18.7 Å². The number of nitrogens with one attached hydrogen (secondary N) is 2. The summed E-state index contributed by atoms with van der Waals surface area (Å²) in [5.74, 6) is 0.808. The maximum absolute atomic E-state index is 15.4. The Labute approximate surface area is 408 Å². The molecule has 368 valence electrons. The third kappa shape index (κ3) is 12.8. The van der Waals surface area contributed by atoms with Crippen molar-refractivity contribution in [3.8, 4) is 11.1 Å². The number of nitrogen functional groups attached to an aromatic ring is 1. The Balaban J connectivity index is 0.00000171. The van der Waals surface area contributed by atoms with Crippen molar-refractivity contribution in [3.63, 3.8) is 0 Å². The molecule has 14 heteroatoms. The summed E-state index contributed by atoms with van der Waals surface area (Å²) >= 11 is 0. The largest absolute Gasteiger partial charge is 0.384 e. The van der Waals surface area contributed by atoms with Crippen LogP contribution in [0.2, 0.25) is 0 Å². The number of nitrogens with zero attached hydrogens (tertiary/aromatic N) is 7. The lowest BCUT2D eigenvalue weighted by Crippen LogP contribution is -2.39. The summed E-state index contributed by atoms with van der Waals surface area (Å²) in [7, 11) is 0. The topological polar surface area (TPSA) is 155 Å². The van der Waals surface area contributed by atoms with Crippen molar-refractivity contribution in [2.75, 3.05) is 56.9 Å². The summed E-state index contributed by atoms with van der Waals surface area (Å²) in [4.78, 5) is 53.7. The van der Waals surface area contributed by atoms with E-state index in [0.29, 0.717) is 55.5 Å². The number of likely N-dealkylation sites (tertiary alicyclic amines) is 2. The zero-order chi connectivity index (χ0) is 49.0. The van der Waals surface area contributed by atoms with Crippen molar-refractivity contribution in [2.24, 2.45) is 5.92 Å². The number of nitrogens with two attached hydrogens (primary N) is 1. The van der Waals surface area contributed by atoms with E-state index in [-0.39, 0.29) is 35.9 Å². The second-order valence-electron chi connectivity index (χ2n) is 18.7. The highest BCUT2D eigenvalue weighted by Crippen LogP contribution is 2.35. The van der Waals surface area contributed by atoms with E-state index < -0.39 is 6.04 Å².